The molecule has 0 bridgehead atoms. The second-order valence-electron chi connectivity index (χ2n) is 4.08. The molecular formula is C11H14ClN3O. The summed E-state index contributed by atoms with van der Waals surface area (Å²) < 4.78 is 0. The SMILES string of the molecule is CCC1CC1NC(=O)c1cc(Cl)ncc1N. The topological polar surface area (TPSA) is 68.0 Å². The average Bonchev–Trinajstić information content (AvgIpc) is 3.00. The number of halogens is 1. The molecule has 16 heavy (non-hydrogen) atoms. The molecule has 2 rings (SSSR count). The second-order valence-corrected chi connectivity index (χ2v) is 4.47. The molecule has 1 aromatic heterocycles. The summed E-state index contributed by atoms with van der Waals surface area (Å²) in [6, 6.07) is 1.79. The number of nitrogens with zero attached hydrogens (tertiary/aromatic N) is 1. The fourth-order valence-electron chi connectivity index (χ4n) is 1.76. The minimum atomic E-state index is -0.164. The van der Waals surface area contributed by atoms with E-state index in [9.17, 15) is 4.79 Å². The van der Waals surface area contributed by atoms with Gasteiger partial charge in [-0.05, 0) is 18.4 Å². The molecular weight excluding hydrogens is 226 g/mol. The summed E-state index contributed by atoms with van der Waals surface area (Å²) in [5, 5.41) is 3.21. The maximum absolute atomic E-state index is 11.9. The van der Waals surface area contributed by atoms with E-state index in [-0.39, 0.29) is 11.1 Å². The van der Waals surface area contributed by atoms with Crippen molar-refractivity contribution in [2.24, 2.45) is 5.92 Å². The molecule has 1 aliphatic rings. The number of amides is 1. The number of nitrogens with two attached hydrogens (primary N) is 1. The summed E-state index contributed by atoms with van der Waals surface area (Å²) in [6.07, 6.45) is 3.56. The van der Waals surface area contributed by atoms with Gasteiger partial charge in [-0.15, -0.1) is 0 Å². The molecule has 0 aromatic carbocycles. The van der Waals surface area contributed by atoms with Gasteiger partial charge in [0.15, 0.2) is 0 Å². The number of carbonyl (C=O) groups is 1. The van der Waals surface area contributed by atoms with E-state index in [0.717, 1.165) is 12.8 Å². The van der Waals surface area contributed by atoms with Gasteiger partial charge >= 0.3 is 0 Å². The zero-order chi connectivity index (χ0) is 11.7. The van der Waals surface area contributed by atoms with Crippen LogP contribution in [0.25, 0.3) is 0 Å². The lowest BCUT2D eigenvalue weighted by Gasteiger charge is -2.06. The highest BCUT2D eigenvalue weighted by atomic mass is 35.5. The normalized spacial score (nSPS) is 22.9. The van der Waals surface area contributed by atoms with Crippen molar-refractivity contribution in [3.8, 4) is 0 Å². The standard InChI is InChI=1S/C11H14ClN3O/c1-2-6-3-9(6)15-11(16)7-4-10(12)14-5-8(7)13/h4-6,9H,2-3,13H2,1H3,(H,15,16). The molecule has 1 aliphatic carbocycles. The third-order valence-electron chi connectivity index (χ3n) is 2.91. The molecule has 5 heteroatoms. The minimum absolute atomic E-state index is 0.164. The van der Waals surface area contributed by atoms with E-state index in [0.29, 0.717) is 23.2 Å². The molecule has 0 aliphatic heterocycles. The monoisotopic (exact) mass is 239 g/mol. The minimum Gasteiger partial charge on any atom is -0.397 e. The summed E-state index contributed by atoms with van der Waals surface area (Å²) >= 11 is 5.72. The van der Waals surface area contributed by atoms with Crippen molar-refractivity contribution < 1.29 is 4.79 Å². The van der Waals surface area contributed by atoms with Crippen molar-refractivity contribution in [3.05, 3.63) is 23.0 Å². The predicted molar refractivity (Wildman–Crippen MR) is 63.3 cm³/mol. The van der Waals surface area contributed by atoms with Crippen LogP contribution in [0.1, 0.15) is 30.1 Å². The molecule has 4 nitrogen and oxygen atoms in total. The highest BCUT2D eigenvalue weighted by Gasteiger charge is 2.36. The molecule has 1 fully saturated rings. The van der Waals surface area contributed by atoms with Gasteiger partial charge in [-0.2, -0.15) is 0 Å². The summed E-state index contributed by atoms with van der Waals surface area (Å²) in [5.41, 5.74) is 6.43. The number of nitrogens with one attached hydrogen (secondary N) is 1. The van der Waals surface area contributed by atoms with Gasteiger partial charge < -0.3 is 11.1 Å². The van der Waals surface area contributed by atoms with Crippen LogP contribution in [0.5, 0.6) is 0 Å². The first kappa shape index (κ1) is 11.2. The summed E-state index contributed by atoms with van der Waals surface area (Å²) in [6.45, 7) is 2.12. The predicted octanol–water partition coefficient (Wildman–Crippen LogP) is 1.85. The highest BCUT2D eigenvalue weighted by molar-refractivity contribution is 6.29. The second kappa shape index (κ2) is 4.29. The van der Waals surface area contributed by atoms with E-state index >= 15 is 0 Å². The molecule has 1 heterocycles. The van der Waals surface area contributed by atoms with Gasteiger partial charge in [-0.25, -0.2) is 4.98 Å². The number of anilines is 1. The number of rotatable bonds is 3. The molecule has 0 spiro atoms. The van der Waals surface area contributed by atoms with Crippen LogP contribution in [-0.2, 0) is 0 Å². The Balaban J connectivity index is 2.06. The molecule has 1 amide bonds. The fourth-order valence-corrected chi connectivity index (χ4v) is 1.92. The van der Waals surface area contributed by atoms with Crippen molar-refractivity contribution in [2.75, 3.05) is 5.73 Å². The zero-order valence-corrected chi connectivity index (χ0v) is 9.79. The largest absolute Gasteiger partial charge is 0.397 e. The van der Waals surface area contributed by atoms with Gasteiger partial charge in [0, 0.05) is 6.04 Å². The number of pyridine rings is 1. The van der Waals surface area contributed by atoms with Crippen LogP contribution in [0, 0.1) is 5.92 Å². The molecule has 2 atom stereocenters. The van der Waals surface area contributed by atoms with E-state index in [1.54, 1.807) is 0 Å². The van der Waals surface area contributed by atoms with Crippen LogP contribution in [-0.4, -0.2) is 16.9 Å². The fraction of sp³-hybridized carbons (Fsp3) is 0.455. The lowest BCUT2D eigenvalue weighted by atomic mass is 10.2. The van der Waals surface area contributed by atoms with Crippen molar-refractivity contribution >= 4 is 23.2 Å². The van der Waals surface area contributed by atoms with Gasteiger partial charge in [0.25, 0.3) is 5.91 Å². The number of aromatic nitrogens is 1. The van der Waals surface area contributed by atoms with Gasteiger partial charge in [0.05, 0.1) is 17.4 Å². The maximum Gasteiger partial charge on any atom is 0.253 e. The van der Waals surface area contributed by atoms with E-state index in [1.807, 2.05) is 0 Å². The molecule has 86 valence electrons. The van der Waals surface area contributed by atoms with Gasteiger partial charge in [0.1, 0.15) is 5.15 Å². The first-order chi connectivity index (χ1) is 7.61. The van der Waals surface area contributed by atoms with Crippen LogP contribution in [0.2, 0.25) is 5.15 Å². The molecule has 3 N–H and O–H groups in total. The van der Waals surface area contributed by atoms with Crippen molar-refractivity contribution in [1.82, 2.24) is 10.3 Å². The maximum atomic E-state index is 11.9. The first-order valence-electron chi connectivity index (χ1n) is 5.33. The lowest BCUT2D eigenvalue weighted by molar-refractivity contribution is 0.0950. The van der Waals surface area contributed by atoms with Crippen molar-refractivity contribution in [2.45, 2.75) is 25.8 Å². The lowest BCUT2D eigenvalue weighted by Crippen LogP contribution is -2.27. The smallest absolute Gasteiger partial charge is 0.253 e. The number of hydrogen-bond acceptors (Lipinski definition) is 3. The Bertz CT molecular complexity index is 422. The quantitative estimate of drug-likeness (QED) is 0.791. The number of carbonyl (C=O) groups excluding carboxylic acids is 1. The van der Waals surface area contributed by atoms with Crippen LogP contribution < -0.4 is 11.1 Å². The number of hydrogen-bond donors (Lipinski definition) is 2. The first-order valence-corrected chi connectivity index (χ1v) is 5.71. The van der Waals surface area contributed by atoms with Crippen molar-refractivity contribution in [3.63, 3.8) is 0 Å². The molecule has 1 aromatic rings. The Hall–Kier alpha value is -1.29. The zero-order valence-electron chi connectivity index (χ0n) is 9.03. The Labute approximate surface area is 99.2 Å². The molecule has 1 saturated carbocycles. The Morgan fingerprint density at radius 1 is 1.75 bits per heavy atom. The summed E-state index contributed by atoms with van der Waals surface area (Å²) in [4.78, 5) is 15.7. The van der Waals surface area contributed by atoms with E-state index in [1.165, 1.54) is 12.3 Å². The van der Waals surface area contributed by atoms with Crippen LogP contribution in [0.15, 0.2) is 12.3 Å². The van der Waals surface area contributed by atoms with Crippen molar-refractivity contribution in [1.29, 1.82) is 0 Å². The highest BCUT2D eigenvalue weighted by Crippen LogP contribution is 2.33. The van der Waals surface area contributed by atoms with Gasteiger partial charge in [-0.1, -0.05) is 24.9 Å². The third kappa shape index (κ3) is 2.27. The van der Waals surface area contributed by atoms with Crippen LogP contribution in [0.4, 0.5) is 5.69 Å². The van der Waals surface area contributed by atoms with Crippen LogP contribution in [0.3, 0.4) is 0 Å². The number of nitrogen functional groups attached to an aromatic ring is 1. The third-order valence-corrected chi connectivity index (χ3v) is 3.12. The molecule has 0 saturated heterocycles. The van der Waals surface area contributed by atoms with E-state index < -0.39 is 0 Å². The van der Waals surface area contributed by atoms with Gasteiger partial charge in [-0.3, -0.25) is 4.79 Å². The Morgan fingerprint density at radius 2 is 2.50 bits per heavy atom. The average molecular weight is 240 g/mol. The van der Waals surface area contributed by atoms with Crippen LogP contribution >= 0.6 is 11.6 Å². The summed E-state index contributed by atoms with van der Waals surface area (Å²) in [7, 11) is 0. The molecule has 0 radical (unpaired) electrons. The molecule has 2 unspecified atom stereocenters. The Morgan fingerprint density at radius 3 is 3.12 bits per heavy atom. The Kier molecular flexibility index (Phi) is 3.01. The van der Waals surface area contributed by atoms with Gasteiger partial charge in [0.2, 0.25) is 0 Å². The van der Waals surface area contributed by atoms with E-state index in [4.69, 9.17) is 17.3 Å². The van der Waals surface area contributed by atoms with E-state index in [2.05, 4.69) is 17.2 Å². The summed E-state index contributed by atoms with van der Waals surface area (Å²) in [5.74, 6) is 0.449.